The third-order valence-electron chi connectivity index (χ3n) is 3.17. The molecule has 1 amide bonds. The van der Waals surface area contributed by atoms with Crippen LogP contribution in [0.15, 0.2) is 0 Å². The van der Waals surface area contributed by atoms with Crippen LogP contribution in [0.2, 0.25) is 0 Å². The highest BCUT2D eigenvalue weighted by Gasteiger charge is 2.16. The Morgan fingerprint density at radius 2 is 1.89 bits per heavy atom. The molecule has 1 rings (SSSR count). The van der Waals surface area contributed by atoms with Crippen LogP contribution >= 0.6 is 0 Å². The van der Waals surface area contributed by atoms with Crippen LogP contribution in [-0.2, 0) is 4.79 Å². The zero-order chi connectivity index (χ0) is 13.4. The van der Waals surface area contributed by atoms with E-state index in [0.717, 1.165) is 45.7 Å². The summed E-state index contributed by atoms with van der Waals surface area (Å²) >= 11 is 0. The van der Waals surface area contributed by atoms with Crippen molar-refractivity contribution in [2.24, 2.45) is 5.92 Å². The van der Waals surface area contributed by atoms with E-state index in [1.165, 1.54) is 0 Å². The quantitative estimate of drug-likeness (QED) is 0.689. The molecule has 0 atom stereocenters. The third-order valence-corrected chi connectivity index (χ3v) is 3.17. The molecule has 0 bridgehead atoms. The summed E-state index contributed by atoms with van der Waals surface area (Å²) in [6.45, 7) is 10.2. The number of rotatable bonds is 6. The van der Waals surface area contributed by atoms with E-state index in [2.05, 4.69) is 29.0 Å². The summed E-state index contributed by atoms with van der Waals surface area (Å²) in [4.78, 5) is 16.2. The first-order valence-electron chi connectivity index (χ1n) is 6.94. The number of β-amino-alcohol motifs (C(OH)–C–C–N with tert-alkyl or cyclic N) is 1. The molecule has 5 heteroatoms. The fraction of sp³-hybridized carbons (Fsp3) is 0.923. The van der Waals surface area contributed by atoms with Crippen molar-refractivity contribution in [3.63, 3.8) is 0 Å². The molecule has 0 spiro atoms. The second kappa shape index (κ2) is 8.45. The van der Waals surface area contributed by atoms with Gasteiger partial charge >= 0.3 is 0 Å². The van der Waals surface area contributed by atoms with E-state index in [1.54, 1.807) is 0 Å². The van der Waals surface area contributed by atoms with Crippen LogP contribution < -0.4 is 5.32 Å². The van der Waals surface area contributed by atoms with Crippen molar-refractivity contribution in [2.75, 3.05) is 52.4 Å². The predicted octanol–water partition coefficient (Wildman–Crippen LogP) is -0.241. The number of hydrogen-bond acceptors (Lipinski definition) is 4. The summed E-state index contributed by atoms with van der Waals surface area (Å²) in [6.07, 6.45) is 1.07. The Kier molecular flexibility index (Phi) is 7.23. The smallest absolute Gasteiger partial charge is 0.234 e. The van der Waals surface area contributed by atoms with E-state index < -0.39 is 0 Å². The summed E-state index contributed by atoms with van der Waals surface area (Å²) < 4.78 is 0. The number of hydrogen-bond donors (Lipinski definition) is 2. The van der Waals surface area contributed by atoms with Crippen LogP contribution in [0.4, 0.5) is 0 Å². The van der Waals surface area contributed by atoms with Gasteiger partial charge in [-0.25, -0.2) is 0 Å². The molecule has 106 valence electrons. The summed E-state index contributed by atoms with van der Waals surface area (Å²) in [6, 6.07) is 0. The molecule has 18 heavy (non-hydrogen) atoms. The Balaban J connectivity index is 2.24. The minimum absolute atomic E-state index is 0.124. The standard InChI is InChI=1S/C13H27N3O2/c1-12(2)10-14-13(18)11-16-5-3-4-15(6-7-16)8-9-17/h12,17H,3-11H2,1-2H3,(H,14,18). The van der Waals surface area contributed by atoms with Crippen LogP contribution in [0.1, 0.15) is 20.3 Å². The molecule has 1 fully saturated rings. The Hall–Kier alpha value is -0.650. The van der Waals surface area contributed by atoms with Gasteiger partial charge in [0.2, 0.25) is 5.91 Å². The third kappa shape index (κ3) is 6.33. The van der Waals surface area contributed by atoms with Gasteiger partial charge in [0, 0.05) is 26.2 Å². The molecular weight excluding hydrogens is 230 g/mol. The van der Waals surface area contributed by atoms with Gasteiger partial charge in [-0.3, -0.25) is 14.6 Å². The number of nitrogens with one attached hydrogen (secondary N) is 1. The van der Waals surface area contributed by atoms with Crippen molar-refractivity contribution in [1.29, 1.82) is 0 Å². The van der Waals surface area contributed by atoms with Gasteiger partial charge in [0.25, 0.3) is 0 Å². The average Bonchev–Trinajstić information content (AvgIpc) is 2.53. The van der Waals surface area contributed by atoms with Gasteiger partial charge < -0.3 is 10.4 Å². The van der Waals surface area contributed by atoms with Crippen molar-refractivity contribution in [3.8, 4) is 0 Å². The van der Waals surface area contributed by atoms with Crippen molar-refractivity contribution in [2.45, 2.75) is 20.3 Å². The Labute approximate surface area is 110 Å². The second-order valence-electron chi connectivity index (χ2n) is 5.39. The average molecular weight is 257 g/mol. The maximum atomic E-state index is 11.7. The molecular formula is C13H27N3O2. The maximum absolute atomic E-state index is 11.7. The lowest BCUT2D eigenvalue weighted by molar-refractivity contribution is -0.122. The lowest BCUT2D eigenvalue weighted by Crippen LogP contribution is -2.40. The van der Waals surface area contributed by atoms with E-state index in [1.807, 2.05) is 0 Å². The first kappa shape index (κ1) is 15.4. The van der Waals surface area contributed by atoms with E-state index in [4.69, 9.17) is 5.11 Å². The summed E-state index contributed by atoms with van der Waals surface area (Å²) in [5, 5.41) is 11.9. The van der Waals surface area contributed by atoms with Gasteiger partial charge in [-0.15, -0.1) is 0 Å². The SMILES string of the molecule is CC(C)CNC(=O)CN1CCCN(CCO)CC1. The van der Waals surface area contributed by atoms with Crippen LogP contribution in [0.5, 0.6) is 0 Å². The number of carbonyl (C=O) groups is 1. The number of aliphatic hydroxyl groups excluding tert-OH is 1. The second-order valence-corrected chi connectivity index (χ2v) is 5.39. The summed E-state index contributed by atoms with van der Waals surface area (Å²) in [5.41, 5.74) is 0. The molecule has 0 aromatic heterocycles. The minimum atomic E-state index is 0.124. The van der Waals surface area contributed by atoms with Crippen LogP contribution in [-0.4, -0.2) is 73.2 Å². The topological polar surface area (TPSA) is 55.8 Å². The van der Waals surface area contributed by atoms with Crippen molar-refractivity contribution in [3.05, 3.63) is 0 Å². The van der Waals surface area contributed by atoms with Crippen LogP contribution in [0.3, 0.4) is 0 Å². The normalized spacial score (nSPS) is 18.9. The van der Waals surface area contributed by atoms with Crippen molar-refractivity contribution < 1.29 is 9.90 Å². The van der Waals surface area contributed by atoms with Gasteiger partial charge in [-0.1, -0.05) is 13.8 Å². The van der Waals surface area contributed by atoms with Crippen molar-refractivity contribution in [1.82, 2.24) is 15.1 Å². The summed E-state index contributed by atoms with van der Waals surface area (Å²) in [7, 11) is 0. The largest absolute Gasteiger partial charge is 0.395 e. The van der Waals surface area contributed by atoms with Crippen molar-refractivity contribution >= 4 is 5.91 Å². The Morgan fingerprint density at radius 1 is 1.22 bits per heavy atom. The zero-order valence-corrected chi connectivity index (χ0v) is 11.7. The molecule has 0 aliphatic carbocycles. The van der Waals surface area contributed by atoms with Crippen LogP contribution in [0.25, 0.3) is 0 Å². The van der Waals surface area contributed by atoms with Gasteiger partial charge in [0.15, 0.2) is 0 Å². The van der Waals surface area contributed by atoms with Gasteiger partial charge in [0.1, 0.15) is 0 Å². The molecule has 1 aliphatic heterocycles. The van der Waals surface area contributed by atoms with E-state index >= 15 is 0 Å². The van der Waals surface area contributed by atoms with E-state index in [0.29, 0.717) is 12.5 Å². The molecule has 0 unspecified atom stereocenters. The molecule has 0 aromatic carbocycles. The first-order chi connectivity index (χ1) is 8.61. The fourth-order valence-electron chi connectivity index (χ4n) is 2.12. The van der Waals surface area contributed by atoms with Gasteiger partial charge in [-0.05, 0) is 25.4 Å². The Morgan fingerprint density at radius 3 is 2.56 bits per heavy atom. The molecule has 1 aliphatic rings. The minimum Gasteiger partial charge on any atom is -0.395 e. The monoisotopic (exact) mass is 257 g/mol. The highest BCUT2D eigenvalue weighted by molar-refractivity contribution is 5.77. The lowest BCUT2D eigenvalue weighted by Gasteiger charge is -2.21. The number of carbonyl (C=O) groups excluding carboxylic acids is 1. The molecule has 0 aromatic rings. The number of amides is 1. The van der Waals surface area contributed by atoms with Gasteiger partial charge in [0.05, 0.1) is 13.2 Å². The Bertz CT molecular complexity index is 246. The van der Waals surface area contributed by atoms with E-state index in [9.17, 15) is 4.79 Å². The fourth-order valence-corrected chi connectivity index (χ4v) is 2.12. The molecule has 1 saturated heterocycles. The molecule has 2 N–H and O–H groups in total. The molecule has 0 saturated carbocycles. The molecule has 5 nitrogen and oxygen atoms in total. The van der Waals surface area contributed by atoms with E-state index in [-0.39, 0.29) is 12.5 Å². The molecule has 1 heterocycles. The zero-order valence-electron chi connectivity index (χ0n) is 11.7. The summed E-state index contributed by atoms with van der Waals surface area (Å²) in [5.74, 6) is 0.623. The van der Waals surface area contributed by atoms with Gasteiger partial charge in [-0.2, -0.15) is 0 Å². The van der Waals surface area contributed by atoms with Crippen LogP contribution in [0, 0.1) is 5.92 Å². The first-order valence-corrected chi connectivity index (χ1v) is 6.94. The maximum Gasteiger partial charge on any atom is 0.234 e. The lowest BCUT2D eigenvalue weighted by atomic mass is 10.2. The predicted molar refractivity (Wildman–Crippen MR) is 72.4 cm³/mol. The number of aliphatic hydroxyl groups is 1. The number of nitrogens with zero attached hydrogens (tertiary/aromatic N) is 2. The highest BCUT2D eigenvalue weighted by atomic mass is 16.3. The molecule has 0 radical (unpaired) electrons. The highest BCUT2D eigenvalue weighted by Crippen LogP contribution is 2.02.